The summed E-state index contributed by atoms with van der Waals surface area (Å²) in [7, 11) is 5.92. The zero-order valence-corrected chi connectivity index (χ0v) is 38.6. The highest BCUT2D eigenvalue weighted by Crippen LogP contribution is 2.35. The second kappa shape index (κ2) is 29.7. The van der Waals surface area contributed by atoms with Crippen molar-refractivity contribution < 1.29 is 72.5 Å². The van der Waals surface area contributed by atoms with Crippen LogP contribution in [0.2, 0.25) is 0 Å². The van der Waals surface area contributed by atoms with Crippen LogP contribution in [0.5, 0.6) is 46.0 Å². The predicted octanol–water partition coefficient (Wildman–Crippen LogP) is 8.92. The number of aliphatic hydroxyl groups excluding tert-OH is 1. The molecule has 0 aliphatic rings. The summed E-state index contributed by atoms with van der Waals surface area (Å²) >= 11 is 6.32. The predicted molar refractivity (Wildman–Crippen MR) is 242 cm³/mol. The number of hydrogen-bond donors (Lipinski definition) is 3. The third kappa shape index (κ3) is 17.8. The van der Waals surface area contributed by atoms with Gasteiger partial charge < -0.3 is 43.7 Å². The Morgan fingerprint density at radius 1 is 0.619 bits per heavy atom. The van der Waals surface area contributed by atoms with E-state index in [1.807, 2.05) is 13.0 Å². The summed E-state index contributed by atoms with van der Waals surface area (Å²) in [4.78, 5) is 63.5. The molecular weight excluding hydrogens is 952 g/mol. The summed E-state index contributed by atoms with van der Waals surface area (Å²) in [5, 5.41) is 27.5. The Morgan fingerprint density at radius 2 is 1.17 bits per heavy atom. The number of rotatable bonds is 14. The highest BCUT2D eigenvalue weighted by Gasteiger charge is 2.14. The molecule has 0 saturated heterocycles. The Morgan fingerprint density at radius 3 is 1.67 bits per heavy atom. The largest absolute Gasteiger partial charge is 0.504 e. The van der Waals surface area contributed by atoms with Gasteiger partial charge in [0.25, 0.3) is 0 Å². The van der Waals surface area contributed by atoms with Crippen molar-refractivity contribution in [2.75, 3.05) is 35.0 Å². The molecule has 0 unspecified atom stereocenters. The van der Waals surface area contributed by atoms with Gasteiger partial charge in [0.1, 0.15) is 30.4 Å². The smallest absolute Gasteiger partial charge is 0.313 e. The van der Waals surface area contributed by atoms with Crippen LogP contribution in [0.3, 0.4) is 0 Å². The molecule has 0 amide bonds. The molecule has 17 heteroatoms. The Kier molecular flexibility index (Phi) is 25.6. The number of aldehydes is 5. The van der Waals surface area contributed by atoms with Gasteiger partial charge in [-0.25, -0.2) is 0 Å². The standard InChI is InChI=1S/C12H14O4.C9H9BrO3.C9H10O3.C8H7BrO3.C8H8O2/c1-8(2)12(14)16-10-5-4-9(7-13)6-11(10)15-3;1-13-9-7(5-12)3-2-6(4-11)8(9)10;1-2-12-9-5-7(6-10)3-4-8(9)11;1-12-7-3-5(4-10)2-6(9)8(7)11;1-10-8-5-3-2-4-7(8)6-9/h4-8H,1-3H3;2-4,12H,5H2,1H3;3-6,11H,2H2,1H3;2-4,11H,1H3;2-6H,1H3. The van der Waals surface area contributed by atoms with Crippen molar-refractivity contribution in [2.45, 2.75) is 27.4 Å². The summed E-state index contributed by atoms with van der Waals surface area (Å²) in [5.41, 5.74) is 3.17. The van der Waals surface area contributed by atoms with E-state index in [1.54, 1.807) is 63.4 Å². The first-order chi connectivity index (χ1) is 30.2. The fourth-order valence-electron chi connectivity index (χ4n) is 4.57. The van der Waals surface area contributed by atoms with Crippen LogP contribution >= 0.6 is 31.9 Å². The van der Waals surface area contributed by atoms with E-state index in [9.17, 15) is 39.0 Å². The van der Waals surface area contributed by atoms with Crippen LogP contribution in [0.1, 0.15) is 78.1 Å². The second-order valence-electron chi connectivity index (χ2n) is 12.4. The lowest BCUT2D eigenvalue weighted by atomic mass is 10.1. The van der Waals surface area contributed by atoms with Crippen LogP contribution < -0.4 is 28.4 Å². The normalized spacial score (nSPS) is 9.57. The average molecular weight is 1000 g/mol. The van der Waals surface area contributed by atoms with Crippen molar-refractivity contribution in [1.82, 2.24) is 0 Å². The van der Waals surface area contributed by atoms with E-state index in [4.69, 9.17) is 33.5 Å². The van der Waals surface area contributed by atoms with Crippen molar-refractivity contribution in [3.63, 3.8) is 0 Å². The summed E-state index contributed by atoms with van der Waals surface area (Å²) in [6, 6.07) is 22.5. The zero-order chi connectivity index (χ0) is 47.5. The van der Waals surface area contributed by atoms with E-state index < -0.39 is 0 Å². The minimum atomic E-state index is -0.336. The molecule has 0 aromatic heterocycles. The van der Waals surface area contributed by atoms with Crippen LogP contribution in [0.4, 0.5) is 0 Å². The van der Waals surface area contributed by atoms with Gasteiger partial charge in [-0.05, 0) is 106 Å². The molecule has 0 aliphatic carbocycles. The summed E-state index contributed by atoms with van der Waals surface area (Å²) in [5.74, 6) is 1.97. The quantitative estimate of drug-likeness (QED) is 0.0537. The van der Waals surface area contributed by atoms with Gasteiger partial charge in [0.05, 0.1) is 62.1 Å². The van der Waals surface area contributed by atoms with E-state index in [0.29, 0.717) is 96.5 Å². The number of phenols is 2. The molecule has 15 nitrogen and oxygen atoms in total. The van der Waals surface area contributed by atoms with Gasteiger partial charge in [-0.2, -0.15) is 0 Å². The van der Waals surface area contributed by atoms with Crippen LogP contribution in [0.15, 0.2) is 93.9 Å². The molecule has 0 saturated carbocycles. The molecule has 63 heavy (non-hydrogen) atoms. The van der Waals surface area contributed by atoms with Crippen molar-refractivity contribution in [1.29, 1.82) is 0 Å². The molecule has 0 spiro atoms. The first kappa shape index (κ1) is 54.5. The maximum absolute atomic E-state index is 11.4. The van der Waals surface area contributed by atoms with E-state index in [-0.39, 0.29) is 35.7 Å². The molecule has 0 heterocycles. The van der Waals surface area contributed by atoms with Gasteiger partial charge in [-0.1, -0.05) is 32.0 Å². The lowest BCUT2D eigenvalue weighted by Gasteiger charge is -2.10. The summed E-state index contributed by atoms with van der Waals surface area (Å²) in [6.45, 7) is 5.66. The van der Waals surface area contributed by atoms with E-state index in [2.05, 4.69) is 31.9 Å². The van der Waals surface area contributed by atoms with Crippen molar-refractivity contribution in [3.8, 4) is 46.0 Å². The summed E-state index contributed by atoms with van der Waals surface area (Å²) < 4.78 is 31.0. The van der Waals surface area contributed by atoms with Crippen LogP contribution in [0.25, 0.3) is 0 Å². The molecule has 3 N–H and O–H groups in total. The van der Waals surface area contributed by atoms with E-state index in [0.717, 1.165) is 12.6 Å². The van der Waals surface area contributed by atoms with Crippen molar-refractivity contribution in [3.05, 3.63) is 127 Å². The van der Waals surface area contributed by atoms with Crippen LogP contribution in [-0.2, 0) is 11.4 Å². The zero-order valence-electron chi connectivity index (χ0n) is 35.5. The average Bonchev–Trinajstić information content (AvgIpc) is 3.31. The Balaban J connectivity index is 0.000000397. The summed E-state index contributed by atoms with van der Waals surface area (Å²) in [6.07, 6.45) is 3.61. The molecule has 0 aliphatic heterocycles. The molecule has 0 atom stereocenters. The van der Waals surface area contributed by atoms with Crippen molar-refractivity contribution >= 4 is 69.3 Å². The maximum Gasteiger partial charge on any atom is 0.313 e. The fraction of sp³-hybridized carbons (Fsp3) is 0.217. The van der Waals surface area contributed by atoms with E-state index >= 15 is 0 Å². The van der Waals surface area contributed by atoms with E-state index in [1.165, 1.54) is 57.7 Å². The minimum absolute atomic E-state index is 0.00287. The van der Waals surface area contributed by atoms with Gasteiger partial charge in [-0.15, -0.1) is 0 Å². The van der Waals surface area contributed by atoms with Gasteiger partial charge >= 0.3 is 5.97 Å². The molecule has 5 rings (SSSR count). The van der Waals surface area contributed by atoms with Gasteiger partial charge in [0.2, 0.25) is 0 Å². The molecule has 0 fully saturated rings. The van der Waals surface area contributed by atoms with Crippen LogP contribution in [-0.4, -0.2) is 87.8 Å². The number of halogens is 2. The second-order valence-corrected chi connectivity index (χ2v) is 14.0. The molecular formula is C46H48Br2O15. The number of aliphatic hydroxyl groups is 1. The third-order valence-electron chi connectivity index (χ3n) is 7.81. The lowest BCUT2D eigenvalue weighted by Crippen LogP contribution is -2.15. The fourth-order valence-corrected chi connectivity index (χ4v) is 5.67. The minimum Gasteiger partial charge on any atom is -0.504 e. The number of benzene rings is 5. The number of aromatic hydroxyl groups is 2. The number of ether oxygens (including phenoxy) is 6. The van der Waals surface area contributed by atoms with Gasteiger partial charge in [0.15, 0.2) is 47.1 Å². The van der Waals surface area contributed by atoms with Gasteiger partial charge in [0, 0.05) is 27.8 Å². The number of methoxy groups -OCH3 is 4. The number of phenolic OH excluding ortho intramolecular Hbond substituents is 2. The topological polar surface area (TPSA) is 218 Å². The number of para-hydroxylation sites is 1. The van der Waals surface area contributed by atoms with Crippen LogP contribution in [0, 0.1) is 5.92 Å². The first-order valence-corrected chi connectivity index (χ1v) is 20.0. The van der Waals surface area contributed by atoms with Gasteiger partial charge in [-0.3, -0.25) is 28.8 Å². The Labute approximate surface area is 381 Å². The first-order valence-electron chi connectivity index (χ1n) is 18.4. The van der Waals surface area contributed by atoms with Crippen molar-refractivity contribution in [2.24, 2.45) is 5.92 Å². The SMILES string of the molecule is CCOc1cc(C=O)ccc1O.COc1c(CO)ccc(C=O)c1Br.COc1cc(C=O)cc(Br)c1O.COc1cc(C=O)ccc1OC(=O)C(C)C.COc1ccccc1C=O. The number of carbonyl (C=O) groups is 6. The molecule has 336 valence electrons. The monoisotopic (exact) mass is 998 g/mol. The molecule has 0 bridgehead atoms. The highest BCUT2D eigenvalue weighted by molar-refractivity contribution is 9.11. The third-order valence-corrected chi connectivity index (χ3v) is 9.23. The molecule has 0 radical (unpaired) electrons. The molecule has 5 aromatic carbocycles. The lowest BCUT2D eigenvalue weighted by molar-refractivity contribution is -0.137. The highest BCUT2D eigenvalue weighted by atomic mass is 79.9. The molecule has 5 aromatic rings. The number of esters is 1. The Bertz CT molecular complexity index is 2280. The number of hydrogen-bond acceptors (Lipinski definition) is 15. The number of carbonyl (C=O) groups excluding carboxylic acids is 6. The maximum atomic E-state index is 11.4. The Hall–Kier alpha value is -6.56.